The molecular formula is C14H10N2O4. The number of pyridine rings is 1. The van der Waals surface area contributed by atoms with Crippen molar-refractivity contribution in [3.05, 3.63) is 54.0 Å². The van der Waals surface area contributed by atoms with Gasteiger partial charge in [0, 0.05) is 11.5 Å². The van der Waals surface area contributed by atoms with Crippen LogP contribution in [0.2, 0.25) is 0 Å². The number of ether oxygens (including phenoxy) is 1. The maximum atomic E-state index is 11.5. The molecule has 0 radical (unpaired) electrons. The first-order valence-electron chi connectivity index (χ1n) is 5.89. The number of nitrogens with zero attached hydrogens (tertiary/aromatic N) is 2. The van der Waals surface area contributed by atoms with Gasteiger partial charge in [0.2, 0.25) is 0 Å². The fourth-order valence-electron chi connectivity index (χ4n) is 1.92. The topological polar surface area (TPSA) is 85.5 Å². The van der Waals surface area contributed by atoms with Gasteiger partial charge in [-0.05, 0) is 6.07 Å². The SMILES string of the molecule is O=C(O)c1c(OCc2ccno2)cnc2ccccc12. The van der Waals surface area contributed by atoms with Crippen LogP contribution in [0.4, 0.5) is 0 Å². The van der Waals surface area contributed by atoms with Gasteiger partial charge in [-0.3, -0.25) is 4.98 Å². The number of aromatic carboxylic acids is 1. The number of carboxylic acids is 1. The molecule has 0 atom stereocenters. The molecule has 100 valence electrons. The number of para-hydroxylation sites is 1. The maximum absolute atomic E-state index is 11.5. The van der Waals surface area contributed by atoms with Gasteiger partial charge in [-0.1, -0.05) is 23.4 Å². The second-order valence-electron chi connectivity index (χ2n) is 4.09. The molecule has 0 saturated heterocycles. The van der Waals surface area contributed by atoms with Gasteiger partial charge in [0.15, 0.2) is 11.5 Å². The smallest absolute Gasteiger partial charge is 0.340 e. The summed E-state index contributed by atoms with van der Waals surface area (Å²) in [6.45, 7) is 0.0975. The third kappa shape index (κ3) is 2.18. The minimum Gasteiger partial charge on any atom is -0.483 e. The van der Waals surface area contributed by atoms with Crippen molar-refractivity contribution in [1.29, 1.82) is 0 Å². The van der Waals surface area contributed by atoms with E-state index in [2.05, 4.69) is 10.1 Å². The molecule has 0 fully saturated rings. The Hall–Kier alpha value is -2.89. The average Bonchev–Trinajstić information content (AvgIpc) is 2.97. The summed E-state index contributed by atoms with van der Waals surface area (Å²) in [7, 11) is 0. The van der Waals surface area contributed by atoms with Crippen LogP contribution in [-0.2, 0) is 6.61 Å². The van der Waals surface area contributed by atoms with Crippen LogP contribution in [-0.4, -0.2) is 21.2 Å². The summed E-state index contributed by atoms with van der Waals surface area (Å²) >= 11 is 0. The lowest BCUT2D eigenvalue weighted by Crippen LogP contribution is -2.05. The van der Waals surface area contributed by atoms with Crippen LogP contribution in [0.25, 0.3) is 10.9 Å². The van der Waals surface area contributed by atoms with Crippen LogP contribution in [0.5, 0.6) is 5.75 Å². The molecule has 0 bridgehead atoms. The van der Waals surface area contributed by atoms with Crippen molar-refractivity contribution < 1.29 is 19.2 Å². The summed E-state index contributed by atoms with van der Waals surface area (Å²) in [6, 6.07) is 8.66. The highest BCUT2D eigenvalue weighted by Crippen LogP contribution is 2.26. The van der Waals surface area contributed by atoms with Gasteiger partial charge in [0.05, 0.1) is 17.9 Å². The number of aromatic nitrogens is 2. The third-order valence-electron chi connectivity index (χ3n) is 2.82. The Morgan fingerprint density at radius 2 is 2.15 bits per heavy atom. The maximum Gasteiger partial charge on any atom is 0.340 e. The summed E-state index contributed by atoms with van der Waals surface area (Å²) in [4.78, 5) is 15.6. The number of hydrogen-bond donors (Lipinski definition) is 1. The first-order valence-corrected chi connectivity index (χ1v) is 5.89. The van der Waals surface area contributed by atoms with E-state index in [9.17, 15) is 9.90 Å². The molecule has 0 saturated carbocycles. The Kier molecular flexibility index (Phi) is 3.04. The minimum atomic E-state index is -1.06. The summed E-state index contributed by atoms with van der Waals surface area (Å²) in [6.07, 6.45) is 2.90. The second-order valence-corrected chi connectivity index (χ2v) is 4.09. The van der Waals surface area contributed by atoms with E-state index >= 15 is 0 Å². The van der Waals surface area contributed by atoms with Crippen molar-refractivity contribution in [2.75, 3.05) is 0 Å². The Bertz CT molecular complexity index is 753. The number of hydrogen-bond acceptors (Lipinski definition) is 5. The van der Waals surface area contributed by atoms with E-state index in [4.69, 9.17) is 9.26 Å². The van der Waals surface area contributed by atoms with Crippen LogP contribution < -0.4 is 4.74 Å². The van der Waals surface area contributed by atoms with Crippen molar-refractivity contribution in [2.24, 2.45) is 0 Å². The molecule has 6 heteroatoms. The zero-order valence-corrected chi connectivity index (χ0v) is 10.3. The number of rotatable bonds is 4. The Balaban J connectivity index is 2.01. The number of carbonyl (C=O) groups is 1. The molecule has 20 heavy (non-hydrogen) atoms. The molecule has 0 spiro atoms. The molecule has 0 aliphatic heterocycles. The van der Waals surface area contributed by atoms with Crippen molar-refractivity contribution in [3.63, 3.8) is 0 Å². The summed E-state index contributed by atoms with van der Waals surface area (Å²) < 4.78 is 10.4. The van der Waals surface area contributed by atoms with E-state index < -0.39 is 5.97 Å². The molecule has 1 N–H and O–H groups in total. The van der Waals surface area contributed by atoms with Gasteiger partial charge in [-0.15, -0.1) is 0 Å². The molecule has 0 aliphatic rings. The van der Waals surface area contributed by atoms with Crippen LogP contribution in [0, 0.1) is 0 Å². The molecule has 3 rings (SSSR count). The number of carboxylic acid groups (broad SMARTS) is 1. The number of fused-ring (bicyclic) bond motifs is 1. The summed E-state index contributed by atoms with van der Waals surface area (Å²) in [5, 5.41) is 13.5. The first kappa shape index (κ1) is 12.2. The van der Waals surface area contributed by atoms with E-state index in [-0.39, 0.29) is 17.9 Å². The fraction of sp³-hybridized carbons (Fsp3) is 0.0714. The normalized spacial score (nSPS) is 10.6. The monoisotopic (exact) mass is 270 g/mol. The van der Waals surface area contributed by atoms with E-state index in [0.29, 0.717) is 16.7 Å². The average molecular weight is 270 g/mol. The first-order chi connectivity index (χ1) is 9.75. The van der Waals surface area contributed by atoms with Gasteiger partial charge < -0.3 is 14.4 Å². The Morgan fingerprint density at radius 1 is 1.30 bits per heavy atom. The highest BCUT2D eigenvalue weighted by Gasteiger charge is 2.17. The Labute approximate surface area is 113 Å². The third-order valence-corrected chi connectivity index (χ3v) is 2.82. The van der Waals surface area contributed by atoms with E-state index in [1.807, 2.05) is 0 Å². The largest absolute Gasteiger partial charge is 0.483 e. The lowest BCUT2D eigenvalue weighted by Gasteiger charge is -2.09. The lowest BCUT2D eigenvalue weighted by molar-refractivity contribution is 0.0693. The van der Waals surface area contributed by atoms with Crippen LogP contribution >= 0.6 is 0 Å². The van der Waals surface area contributed by atoms with Crippen molar-refractivity contribution >= 4 is 16.9 Å². The van der Waals surface area contributed by atoms with Crippen molar-refractivity contribution in [2.45, 2.75) is 6.61 Å². The lowest BCUT2D eigenvalue weighted by atomic mass is 10.1. The van der Waals surface area contributed by atoms with Crippen LogP contribution in [0.1, 0.15) is 16.1 Å². The van der Waals surface area contributed by atoms with Crippen LogP contribution in [0.15, 0.2) is 47.2 Å². The summed E-state index contributed by atoms with van der Waals surface area (Å²) in [5.74, 6) is -0.349. The van der Waals surface area contributed by atoms with E-state index in [1.165, 1.54) is 12.4 Å². The standard InChI is InChI=1S/C14H10N2O4/c17-14(18)13-10-3-1-2-4-11(10)15-7-12(13)19-8-9-5-6-16-20-9/h1-7H,8H2,(H,17,18). The van der Waals surface area contributed by atoms with Gasteiger partial charge in [0.1, 0.15) is 12.2 Å². The quantitative estimate of drug-likeness (QED) is 0.783. The zero-order chi connectivity index (χ0) is 13.9. The van der Waals surface area contributed by atoms with Gasteiger partial charge in [-0.25, -0.2) is 4.79 Å². The van der Waals surface area contributed by atoms with Crippen molar-refractivity contribution in [1.82, 2.24) is 10.1 Å². The highest BCUT2D eigenvalue weighted by atomic mass is 16.5. The summed E-state index contributed by atoms with van der Waals surface area (Å²) in [5.41, 5.74) is 0.701. The molecule has 0 unspecified atom stereocenters. The van der Waals surface area contributed by atoms with E-state index in [0.717, 1.165) is 0 Å². The molecular weight excluding hydrogens is 260 g/mol. The van der Waals surface area contributed by atoms with Crippen molar-refractivity contribution in [3.8, 4) is 5.75 Å². The van der Waals surface area contributed by atoms with Gasteiger partial charge >= 0.3 is 5.97 Å². The minimum absolute atomic E-state index is 0.0927. The van der Waals surface area contributed by atoms with Crippen LogP contribution in [0.3, 0.4) is 0 Å². The number of benzene rings is 1. The molecule has 3 aromatic rings. The van der Waals surface area contributed by atoms with Gasteiger partial charge in [-0.2, -0.15) is 0 Å². The second kappa shape index (κ2) is 5.00. The highest BCUT2D eigenvalue weighted by molar-refractivity contribution is 6.04. The predicted molar refractivity (Wildman–Crippen MR) is 69.5 cm³/mol. The predicted octanol–water partition coefficient (Wildman–Crippen LogP) is 2.50. The Morgan fingerprint density at radius 3 is 2.90 bits per heavy atom. The molecule has 2 aromatic heterocycles. The molecule has 0 aliphatic carbocycles. The fourth-order valence-corrected chi connectivity index (χ4v) is 1.92. The molecule has 0 amide bonds. The zero-order valence-electron chi connectivity index (χ0n) is 10.3. The molecule has 1 aromatic carbocycles. The van der Waals surface area contributed by atoms with E-state index in [1.54, 1.807) is 30.3 Å². The molecule has 2 heterocycles. The van der Waals surface area contributed by atoms with Gasteiger partial charge in [0.25, 0.3) is 0 Å². The molecule has 6 nitrogen and oxygen atoms in total.